The zero-order chi connectivity index (χ0) is 30.4. The molecule has 0 aromatic carbocycles. The second-order valence-electron chi connectivity index (χ2n) is 11.9. The molecule has 0 bridgehead atoms. The minimum absolute atomic E-state index is 0.103. The lowest BCUT2D eigenvalue weighted by Gasteiger charge is -2.23. The highest BCUT2D eigenvalue weighted by molar-refractivity contribution is 5.89. The van der Waals surface area contributed by atoms with E-state index in [9.17, 15) is 24.6 Å². The SMILES string of the molecule is CCCCCCCCCCCCCCOC(=O)C[C@@](O)(CC(=O)O)C(=O)OCCCCCCCCCCCCCC. The fourth-order valence-corrected chi connectivity index (χ4v) is 5.12. The molecule has 0 unspecified atom stereocenters. The largest absolute Gasteiger partial charge is 0.481 e. The van der Waals surface area contributed by atoms with Crippen LogP contribution in [0.2, 0.25) is 0 Å². The van der Waals surface area contributed by atoms with E-state index in [4.69, 9.17) is 9.47 Å². The lowest BCUT2D eigenvalue weighted by Crippen LogP contribution is -2.44. The minimum Gasteiger partial charge on any atom is -0.481 e. The molecule has 7 nitrogen and oxygen atoms in total. The molecule has 41 heavy (non-hydrogen) atoms. The Kier molecular flexibility index (Phi) is 27.4. The molecule has 7 heteroatoms. The summed E-state index contributed by atoms with van der Waals surface area (Å²) in [5.74, 6) is -3.21. The van der Waals surface area contributed by atoms with Gasteiger partial charge in [0.15, 0.2) is 5.60 Å². The normalized spacial score (nSPS) is 12.7. The average Bonchev–Trinajstić information content (AvgIpc) is 2.93. The molecule has 0 saturated heterocycles. The standard InChI is InChI=1S/C34H64O7/c1-3-5-7-9-11-13-15-17-19-21-23-25-27-40-32(37)30-34(39,29-31(35)36)33(38)41-28-26-24-22-20-18-16-14-12-10-8-6-4-2/h39H,3-30H2,1-2H3,(H,35,36)/t34-/m0/s1. The van der Waals surface area contributed by atoms with Crippen molar-refractivity contribution in [1.82, 2.24) is 0 Å². The fraction of sp³-hybridized carbons (Fsp3) is 0.912. The molecule has 0 aliphatic carbocycles. The Morgan fingerprint density at radius 2 is 0.805 bits per heavy atom. The third-order valence-electron chi connectivity index (χ3n) is 7.75. The van der Waals surface area contributed by atoms with Crippen LogP contribution in [0, 0.1) is 0 Å². The number of carboxylic acid groups (broad SMARTS) is 1. The lowest BCUT2D eigenvalue weighted by atomic mass is 9.95. The maximum atomic E-state index is 12.5. The van der Waals surface area contributed by atoms with Crippen LogP contribution < -0.4 is 0 Å². The van der Waals surface area contributed by atoms with Crippen LogP contribution >= 0.6 is 0 Å². The first-order chi connectivity index (χ1) is 19.9. The molecule has 0 amide bonds. The molecular weight excluding hydrogens is 520 g/mol. The minimum atomic E-state index is -2.41. The quantitative estimate of drug-likeness (QED) is 0.0617. The molecule has 0 rings (SSSR count). The van der Waals surface area contributed by atoms with Gasteiger partial charge in [-0.2, -0.15) is 0 Å². The Labute approximate surface area is 251 Å². The smallest absolute Gasteiger partial charge is 0.339 e. The van der Waals surface area contributed by atoms with E-state index < -0.39 is 36.4 Å². The first-order valence-electron chi connectivity index (χ1n) is 17.1. The number of carbonyl (C=O) groups is 3. The van der Waals surface area contributed by atoms with Gasteiger partial charge in [-0.25, -0.2) is 4.79 Å². The van der Waals surface area contributed by atoms with E-state index >= 15 is 0 Å². The lowest BCUT2D eigenvalue weighted by molar-refractivity contribution is -0.176. The number of carbonyl (C=O) groups excluding carboxylic acids is 2. The Hall–Kier alpha value is -1.63. The second kappa shape index (κ2) is 28.5. The number of esters is 2. The maximum absolute atomic E-state index is 12.5. The fourth-order valence-electron chi connectivity index (χ4n) is 5.12. The van der Waals surface area contributed by atoms with Crippen molar-refractivity contribution in [1.29, 1.82) is 0 Å². The maximum Gasteiger partial charge on any atom is 0.339 e. The van der Waals surface area contributed by atoms with Gasteiger partial charge in [0.2, 0.25) is 0 Å². The van der Waals surface area contributed by atoms with Gasteiger partial charge in [-0.15, -0.1) is 0 Å². The van der Waals surface area contributed by atoms with E-state index in [0.29, 0.717) is 12.8 Å². The van der Waals surface area contributed by atoms with Gasteiger partial charge < -0.3 is 19.7 Å². The first kappa shape index (κ1) is 39.4. The number of rotatable bonds is 31. The highest BCUT2D eigenvalue weighted by Gasteiger charge is 2.42. The molecular formula is C34H64O7. The summed E-state index contributed by atoms with van der Waals surface area (Å²) in [5, 5.41) is 19.8. The van der Waals surface area contributed by atoms with Gasteiger partial charge in [0.05, 0.1) is 26.1 Å². The summed E-state index contributed by atoms with van der Waals surface area (Å²) in [6.07, 6.45) is 26.9. The number of aliphatic hydroxyl groups is 1. The molecule has 0 aliphatic heterocycles. The Morgan fingerprint density at radius 1 is 0.488 bits per heavy atom. The summed E-state index contributed by atoms with van der Waals surface area (Å²) < 4.78 is 10.3. The molecule has 0 aromatic rings. The molecule has 0 fully saturated rings. The first-order valence-corrected chi connectivity index (χ1v) is 17.1. The Bertz CT molecular complexity index is 637. The highest BCUT2D eigenvalue weighted by atomic mass is 16.6. The van der Waals surface area contributed by atoms with Crippen molar-refractivity contribution in [3.8, 4) is 0 Å². The summed E-state index contributed by atoms with van der Waals surface area (Å²) in [6, 6.07) is 0. The van der Waals surface area contributed by atoms with Crippen molar-refractivity contribution in [3.63, 3.8) is 0 Å². The van der Waals surface area contributed by atoms with Gasteiger partial charge in [0.25, 0.3) is 0 Å². The van der Waals surface area contributed by atoms with Gasteiger partial charge in [0, 0.05) is 0 Å². The van der Waals surface area contributed by atoms with Crippen molar-refractivity contribution < 1.29 is 34.1 Å². The Morgan fingerprint density at radius 3 is 1.15 bits per heavy atom. The van der Waals surface area contributed by atoms with Crippen molar-refractivity contribution in [2.24, 2.45) is 0 Å². The third kappa shape index (κ3) is 25.8. The van der Waals surface area contributed by atoms with Crippen molar-refractivity contribution in [3.05, 3.63) is 0 Å². The average molecular weight is 585 g/mol. The zero-order valence-corrected chi connectivity index (χ0v) is 26.7. The zero-order valence-electron chi connectivity index (χ0n) is 26.7. The molecule has 0 radical (unpaired) electrons. The summed E-state index contributed by atoms with van der Waals surface area (Å²) >= 11 is 0. The number of carboxylic acids is 1. The highest BCUT2D eigenvalue weighted by Crippen LogP contribution is 2.20. The van der Waals surface area contributed by atoms with Gasteiger partial charge >= 0.3 is 17.9 Å². The van der Waals surface area contributed by atoms with Crippen LogP contribution in [-0.4, -0.2) is 46.9 Å². The van der Waals surface area contributed by atoms with Gasteiger partial charge in [-0.1, -0.05) is 155 Å². The van der Waals surface area contributed by atoms with E-state index in [1.165, 1.54) is 109 Å². The van der Waals surface area contributed by atoms with Crippen LogP contribution in [0.15, 0.2) is 0 Å². The van der Waals surface area contributed by atoms with E-state index in [1.807, 2.05) is 0 Å². The topological polar surface area (TPSA) is 110 Å². The number of hydrogen-bond acceptors (Lipinski definition) is 6. The van der Waals surface area contributed by atoms with E-state index in [-0.39, 0.29) is 13.2 Å². The van der Waals surface area contributed by atoms with Crippen LogP contribution in [0.5, 0.6) is 0 Å². The van der Waals surface area contributed by atoms with Crippen molar-refractivity contribution in [2.75, 3.05) is 13.2 Å². The summed E-state index contributed by atoms with van der Waals surface area (Å²) in [4.78, 5) is 36.0. The monoisotopic (exact) mass is 584 g/mol. The third-order valence-corrected chi connectivity index (χ3v) is 7.75. The van der Waals surface area contributed by atoms with Crippen LogP contribution in [0.25, 0.3) is 0 Å². The number of hydrogen-bond donors (Lipinski definition) is 2. The molecule has 0 aromatic heterocycles. The van der Waals surface area contributed by atoms with Crippen molar-refractivity contribution in [2.45, 2.75) is 186 Å². The van der Waals surface area contributed by atoms with Crippen LogP contribution in [0.4, 0.5) is 0 Å². The van der Waals surface area contributed by atoms with Crippen LogP contribution in [0.3, 0.4) is 0 Å². The van der Waals surface area contributed by atoms with E-state index in [2.05, 4.69) is 13.8 Å². The molecule has 0 heterocycles. The summed E-state index contributed by atoms with van der Waals surface area (Å²) in [7, 11) is 0. The molecule has 0 spiro atoms. The predicted molar refractivity (Wildman–Crippen MR) is 166 cm³/mol. The van der Waals surface area contributed by atoms with E-state index in [1.54, 1.807) is 0 Å². The van der Waals surface area contributed by atoms with Gasteiger partial charge in [-0.3, -0.25) is 9.59 Å². The second-order valence-corrected chi connectivity index (χ2v) is 11.9. The predicted octanol–water partition coefficient (Wildman–Crippen LogP) is 9.07. The Balaban J connectivity index is 3.95. The number of aliphatic carboxylic acids is 1. The van der Waals surface area contributed by atoms with Crippen LogP contribution in [0.1, 0.15) is 181 Å². The molecule has 0 aliphatic rings. The molecule has 1 atom stereocenters. The summed E-state index contributed by atoms with van der Waals surface area (Å²) in [5.41, 5.74) is -2.41. The van der Waals surface area contributed by atoms with Crippen LogP contribution in [-0.2, 0) is 23.9 Å². The number of ether oxygens (including phenoxy) is 2. The molecule has 0 saturated carbocycles. The van der Waals surface area contributed by atoms with Gasteiger partial charge in [-0.05, 0) is 12.8 Å². The van der Waals surface area contributed by atoms with E-state index in [0.717, 1.165) is 32.1 Å². The summed E-state index contributed by atoms with van der Waals surface area (Å²) in [6.45, 7) is 4.77. The van der Waals surface area contributed by atoms with Crippen molar-refractivity contribution >= 4 is 17.9 Å². The number of unbranched alkanes of at least 4 members (excludes halogenated alkanes) is 22. The molecule has 2 N–H and O–H groups in total. The van der Waals surface area contributed by atoms with Gasteiger partial charge in [0.1, 0.15) is 0 Å². The molecule has 242 valence electrons.